The van der Waals surface area contributed by atoms with Crippen LogP contribution in [0, 0.1) is 22.7 Å². The van der Waals surface area contributed by atoms with Gasteiger partial charge in [0.05, 0.1) is 31.4 Å². The summed E-state index contributed by atoms with van der Waals surface area (Å²) in [6.07, 6.45) is 5.50. The highest BCUT2D eigenvalue weighted by Gasteiger charge is 2.60. The molecule has 0 aromatic rings. The molecule has 0 spiro atoms. The molecular weight excluding hydrogens is 422 g/mol. The third-order valence-electron chi connectivity index (χ3n) is 8.02. The van der Waals surface area contributed by atoms with Gasteiger partial charge >= 0.3 is 23.4 Å². The van der Waals surface area contributed by atoms with Crippen molar-refractivity contribution in [2.24, 2.45) is 22.7 Å². The Kier molecular flexibility index (Phi) is 6.04. The number of carbonyl (C=O) groups excluding carboxylic acids is 2. The van der Waals surface area contributed by atoms with Crippen molar-refractivity contribution in [3.8, 4) is 0 Å². The number of alkyl carbamates (subject to hydrolysis) is 1. The summed E-state index contributed by atoms with van der Waals surface area (Å²) in [4.78, 5) is 23.9. The largest absolute Gasteiger partial charge is 0.460 e. The van der Waals surface area contributed by atoms with Gasteiger partial charge in [-0.25, -0.2) is 9.59 Å². The first-order valence-corrected chi connectivity index (χ1v) is 11.8. The van der Waals surface area contributed by atoms with Crippen molar-refractivity contribution in [2.75, 3.05) is 20.3 Å². The number of allylic oxidation sites excluding steroid dienone is 2. The minimum atomic E-state index is -1.67. The fourth-order valence-electron chi connectivity index (χ4n) is 6.32. The van der Waals surface area contributed by atoms with Gasteiger partial charge in [0.1, 0.15) is 6.61 Å². The summed E-state index contributed by atoms with van der Waals surface area (Å²) in [5.74, 6) is 0.0948. The van der Waals surface area contributed by atoms with Crippen LogP contribution < -0.4 is 5.32 Å². The van der Waals surface area contributed by atoms with Crippen molar-refractivity contribution < 1.29 is 31.6 Å². The van der Waals surface area contributed by atoms with Gasteiger partial charge in [-0.05, 0) is 49.4 Å². The molecule has 2 aliphatic heterocycles. The first kappa shape index (κ1) is 22.5. The zero-order chi connectivity index (χ0) is 22.4. The van der Waals surface area contributed by atoms with Crippen molar-refractivity contribution in [2.45, 2.75) is 58.1 Å². The molecule has 172 valence electrons. The Morgan fingerprint density at radius 3 is 2.87 bits per heavy atom. The van der Waals surface area contributed by atoms with E-state index >= 15 is 0 Å². The molecule has 4 aliphatic rings. The van der Waals surface area contributed by atoms with Gasteiger partial charge in [-0.3, -0.25) is 8.37 Å². The molecule has 0 bridgehead atoms. The van der Waals surface area contributed by atoms with Crippen LogP contribution in [0.1, 0.15) is 46.0 Å². The number of fused-ring (bicyclic) bond motifs is 3. The van der Waals surface area contributed by atoms with Gasteiger partial charge in [-0.15, -0.1) is 0 Å². The normalized spacial score (nSPS) is 43.7. The minimum Gasteiger partial charge on any atom is -0.460 e. The smallest absolute Gasteiger partial charge is 0.407 e. The quantitative estimate of drug-likeness (QED) is 0.398. The lowest BCUT2D eigenvalue weighted by Crippen LogP contribution is -2.60. The summed E-state index contributed by atoms with van der Waals surface area (Å²) in [7, 11) is 1.29. The Hall–Kier alpha value is -1.71. The molecule has 2 aliphatic carbocycles. The second kappa shape index (κ2) is 8.33. The maximum Gasteiger partial charge on any atom is 0.407 e. The maximum absolute atomic E-state index is 12.3. The summed E-state index contributed by atoms with van der Waals surface area (Å²) in [6, 6.07) is -0.510. The minimum absolute atomic E-state index is 0.0447. The highest BCUT2D eigenvalue weighted by Crippen LogP contribution is 2.63. The molecule has 9 heteroatoms. The van der Waals surface area contributed by atoms with Crippen molar-refractivity contribution in [1.82, 2.24) is 5.32 Å². The van der Waals surface area contributed by atoms with Crippen LogP contribution in [0.15, 0.2) is 23.8 Å². The van der Waals surface area contributed by atoms with Crippen LogP contribution in [0.4, 0.5) is 4.79 Å². The van der Waals surface area contributed by atoms with E-state index in [1.807, 2.05) is 6.08 Å². The average Bonchev–Trinajstić information content (AvgIpc) is 3.07. The number of hydrogen-bond acceptors (Lipinski definition) is 7. The molecule has 1 amide bonds. The van der Waals surface area contributed by atoms with Crippen molar-refractivity contribution in [3.63, 3.8) is 0 Å². The highest BCUT2D eigenvalue weighted by atomic mass is 32.2. The van der Waals surface area contributed by atoms with E-state index < -0.39 is 29.5 Å². The third kappa shape index (κ3) is 3.85. The van der Waals surface area contributed by atoms with Gasteiger partial charge in [-0.2, -0.15) is 4.21 Å². The van der Waals surface area contributed by atoms with E-state index in [9.17, 15) is 13.8 Å². The zero-order valence-electron chi connectivity index (χ0n) is 18.3. The molecule has 8 nitrogen and oxygen atoms in total. The predicted molar refractivity (Wildman–Crippen MR) is 113 cm³/mol. The van der Waals surface area contributed by atoms with Gasteiger partial charge in [0.25, 0.3) is 0 Å². The van der Waals surface area contributed by atoms with Crippen LogP contribution in [-0.2, 0) is 34.0 Å². The lowest BCUT2D eigenvalue weighted by molar-refractivity contribution is -0.154. The Morgan fingerprint density at radius 2 is 2.13 bits per heavy atom. The molecule has 0 aromatic carbocycles. The third-order valence-corrected chi connectivity index (χ3v) is 8.72. The Bertz CT molecular complexity index is 842. The lowest BCUT2D eigenvalue weighted by atomic mass is 9.46. The number of amides is 1. The van der Waals surface area contributed by atoms with Gasteiger partial charge in [0.15, 0.2) is 0 Å². The molecule has 2 heterocycles. The first-order valence-electron chi connectivity index (χ1n) is 10.8. The fourth-order valence-corrected chi connectivity index (χ4v) is 7.23. The monoisotopic (exact) mass is 453 g/mol. The summed E-state index contributed by atoms with van der Waals surface area (Å²) in [6.45, 7) is 9.38. The highest BCUT2D eigenvalue weighted by molar-refractivity contribution is 7.75. The molecule has 0 aromatic heterocycles. The molecule has 0 radical (unpaired) electrons. The first-order chi connectivity index (χ1) is 14.7. The van der Waals surface area contributed by atoms with Crippen LogP contribution in [0.25, 0.3) is 0 Å². The topological polar surface area (TPSA) is 100 Å². The van der Waals surface area contributed by atoms with Gasteiger partial charge in [0, 0.05) is 5.41 Å². The zero-order valence-corrected chi connectivity index (χ0v) is 19.1. The number of hydrogen-bond donors (Lipinski definition) is 1. The number of rotatable bonds is 3. The van der Waals surface area contributed by atoms with Gasteiger partial charge in [-0.1, -0.05) is 32.1 Å². The molecular formula is C22H31NO7S. The van der Waals surface area contributed by atoms with Crippen LogP contribution in [0.5, 0.6) is 0 Å². The van der Waals surface area contributed by atoms with Crippen LogP contribution in [0.2, 0.25) is 0 Å². The Balaban J connectivity index is 1.57. The molecule has 7 atom stereocenters. The number of carbonyl (C=O) groups is 2. The van der Waals surface area contributed by atoms with E-state index in [1.54, 1.807) is 0 Å². The van der Waals surface area contributed by atoms with E-state index in [2.05, 4.69) is 30.5 Å². The molecule has 1 N–H and O–H groups in total. The molecule has 31 heavy (non-hydrogen) atoms. The Morgan fingerprint density at radius 1 is 1.35 bits per heavy atom. The summed E-state index contributed by atoms with van der Waals surface area (Å²) < 4.78 is 32.7. The van der Waals surface area contributed by atoms with E-state index in [1.165, 1.54) is 12.7 Å². The standard InChI is InChI=1S/C22H31NO7S/c1-13-5-8-17-21(2,10-9-18-22(17,3)12-29-31(26)30-18)15(13)7-6-14-16(11-28-19(14)24)23-20(25)27-4/h6,15-18H,1,5,7-12H2,2-4H3,(H,23,25)/b14-6+/t15-,16-,17+,18-,21+,22+,31?/m1/s1. The SMILES string of the molecule is C=C1CC[C@@H]2[C@]3(C)COS(=O)O[C@@H]3CC[C@@]2(C)[C@@H]1C/C=C1/C(=O)OC[C@H]1NC(=O)OC. The van der Waals surface area contributed by atoms with E-state index in [-0.39, 0.29) is 29.5 Å². The molecule has 4 fully saturated rings. The second-order valence-electron chi connectivity index (χ2n) is 9.59. The average molecular weight is 454 g/mol. The molecule has 2 saturated heterocycles. The van der Waals surface area contributed by atoms with E-state index in [0.29, 0.717) is 24.5 Å². The van der Waals surface area contributed by atoms with E-state index in [4.69, 9.17) is 13.1 Å². The number of ether oxygens (including phenoxy) is 2. The maximum atomic E-state index is 12.3. The molecule has 2 saturated carbocycles. The fraction of sp³-hybridized carbons (Fsp3) is 0.727. The Labute approximate surface area is 185 Å². The summed E-state index contributed by atoms with van der Waals surface area (Å²) in [5.41, 5.74) is 1.39. The number of cyclic esters (lactones) is 1. The van der Waals surface area contributed by atoms with Crippen LogP contribution in [-0.4, -0.2) is 48.7 Å². The van der Waals surface area contributed by atoms with Crippen LogP contribution in [0.3, 0.4) is 0 Å². The summed E-state index contributed by atoms with van der Waals surface area (Å²) in [5, 5.41) is 2.66. The van der Waals surface area contributed by atoms with Crippen LogP contribution >= 0.6 is 0 Å². The van der Waals surface area contributed by atoms with Crippen molar-refractivity contribution in [3.05, 3.63) is 23.8 Å². The van der Waals surface area contributed by atoms with E-state index in [0.717, 1.165) is 25.7 Å². The number of esters is 1. The second-order valence-corrected chi connectivity index (χ2v) is 10.4. The lowest BCUT2D eigenvalue weighted by Gasteiger charge is -2.61. The molecule has 1 unspecified atom stereocenters. The predicted octanol–water partition coefficient (Wildman–Crippen LogP) is 2.97. The number of methoxy groups -OCH3 is 1. The van der Waals surface area contributed by atoms with Crippen molar-refractivity contribution in [1.29, 1.82) is 0 Å². The summed E-state index contributed by atoms with van der Waals surface area (Å²) >= 11 is -1.67. The van der Waals surface area contributed by atoms with Gasteiger partial charge in [0.2, 0.25) is 0 Å². The molecule has 4 rings (SSSR count). The van der Waals surface area contributed by atoms with Gasteiger partial charge < -0.3 is 14.8 Å². The number of nitrogens with one attached hydrogen (secondary N) is 1. The van der Waals surface area contributed by atoms with Crippen molar-refractivity contribution >= 4 is 23.4 Å².